The quantitative estimate of drug-likeness (QED) is 0.775. The molecule has 0 bridgehead atoms. The Hall–Kier alpha value is -2.33. The van der Waals surface area contributed by atoms with E-state index in [2.05, 4.69) is 34.5 Å². The lowest BCUT2D eigenvalue weighted by molar-refractivity contribution is -0.121. The molecule has 4 heteroatoms. The molecule has 154 valence electrons. The predicted octanol–water partition coefficient (Wildman–Crippen LogP) is 3.97. The van der Waals surface area contributed by atoms with Crippen LogP contribution in [0.5, 0.6) is 5.75 Å². The fraction of sp³-hybridized carbons (Fsp3) is 0.480. The SMILES string of the molecule is COc1cccc(CNC(=O)CCC2CCCN(C3Cc4ccccc4C3)C2)c1. The van der Waals surface area contributed by atoms with E-state index in [9.17, 15) is 4.79 Å². The van der Waals surface area contributed by atoms with Crippen LogP contribution in [-0.4, -0.2) is 37.0 Å². The van der Waals surface area contributed by atoms with E-state index in [1.807, 2.05) is 24.3 Å². The van der Waals surface area contributed by atoms with Gasteiger partial charge in [-0.2, -0.15) is 0 Å². The molecule has 1 heterocycles. The van der Waals surface area contributed by atoms with Crippen LogP contribution in [0.3, 0.4) is 0 Å². The van der Waals surface area contributed by atoms with Gasteiger partial charge >= 0.3 is 0 Å². The van der Waals surface area contributed by atoms with Gasteiger partial charge in [-0.3, -0.25) is 9.69 Å². The molecule has 1 atom stereocenters. The van der Waals surface area contributed by atoms with Crippen molar-refractivity contribution in [2.24, 2.45) is 5.92 Å². The number of hydrogen-bond donors (Lipinski definition) is 1. The number of piperidine rings is 1. The lowest BCUT2D eigenvalue weighted by Gasteiger charge is -2.36. The maximum Gasteiger partial charge on any atom is 0.220 e. The van der Waals surface area contributed by atoms with Gasteiger partial charge in [0.15, 0.2) is 0 Å². The van der Waals surface area contributed by atoms with Gasteiger partial charge < -0.3 is 10.1 Å². The van der Waals surface area contributed by atoms with Gasteiger partial charge in [-0.1, -0.05) is 36.4 Å². The highest BCUT2D eigenvalue weighted by Gasteiger charge is 2.30. The molecule has 2 aromatic carbocycles. The van der Waals surface area contributed by atoms with Crippen molar-refractivity contribution in [2.45, 2.75) is 51.1 Å². The molecule has 1 aliphatic heterocycles. The van der Waals surface area contributed by atoms with E-state index in [0.29, 0.717) is 24.9 Å². The average Bonchev–Trinajstić information content (AvgIpc) is 3.21. The van der Waals surface area contributed by atoms with Crippen LogP contribution in [-0.2, 0) is 24.2 Å². The number of carbonyl (C=O) groups is 1. The number of nitrogens with one attached hydrogen (secondary N) is 1. The molecule has 0 saturated carbocycles. The zero-order valence-electron chi connectivity index (χ0n) is 17.4. The third-order valence-electron chi connectivity index (χ3n) is 6.50. The van der Waals surface area contributed by atoms with Crippen molar-refractivity contribution >= 4 is 5.91 Å². The Bertz CT molecular complexity index is 810. The summed E-state index contributed by atoms with van der Waals surface area (Å²) < 4.78 is 5.24. The predicted molar refractivity (Wildman–Crippen MR) is 116 cm³/mol. The van der Waals surface area contributed by atoms with Crippen LogP contribution in [0.1, 0.15) is 42.4 Å². The van der Waals surface area contributed by atoms with Crippen LogP contribution in [0.25, 0.3) is 0 Å². The van der Waals surface area contributed by atoms with Gasteiger partial charge in [0, 0.05) is 25.6 Å². The highest BCUT2D eigenvalue weighted by molar-refractivity contribution is 5.75. The molecule has 1 aliphatic carbocycles. The third-order valence-corrected chi connectivity index (χ3v) is 6.50. The van der Waals surface area contributed by atoms with Crippen LogP contribution in [0.4, 0.5) is 0 Å². The van der Waals surface area contributed by atoms with Crippen LogP contribution in [0.15, 0.2) is 48.5 Å². The summed E-state index contributed by atoms with van der Waals surface area (Å²) in [7, 11) is 1.66. The summed E-state index contributed by atoms with van der Waals surface area (Å²) in [5.41, 5.74) is 4.12. The molecule has 0 aromatic heterocycles. The number of rotatable bonds is 7. The molecule has 1 fully saturated rings. The highest BCUT2D eigenvalue weighted by atomic mass is 16.5. The molecule has 4 nitrogen and oxygen atoms in total. The van der Waals surface area contributed by atoms with Gasteiger partial charge in [-0.15, -0.1) is 0 Å². The molecular formula is C25H32N2O2. The van der Waals surface area contributed by atoms with E-state index >= 15 is 0 Å². The minimum absolute atomic E-state index is 0.151. The largest absolute Gasteiger partial charge is 0.497 e. The normalized spacial score (nSPS) is 19.7. The number of ether oxygens (including phenoxy) is 1. The second-order valence-electron chi connectivity index (χ2n) is 8.50. The van der Waals surface area contributed by atoms with Gasteiger partial charge in [0.1, 0.15) is 5.75 Å². The Morgan fingerprint density at radius 1 is 1.14 bits per heavy atom. The first-order valence-electron chi connectivity index (χ1n) is 10.9. The Labute approximate surface area is 174 Å². The van der Waals surface area contributed by atoms with Gasteiger partial charge in [-0.25, -0.2) is 0 Å². The maximum absolute atomic E-state index is 12.3. The van der Waals surface area contributed by atoms with Crippen molar-refractivity contribution in [2.75, 3.05) is 20.2 Å². The lowest BCUT2D eigenvalue weighted by atomic mass is 9.92. The number of hydrogen-bond acceptors (Lipinski definition) is 3. The standard InChI is InChI=1S/C25H32N2O2/c1-29-24-10-4-6-20(14-24)17-26-25(28)12-11-19-7-5-13-27(18-19)23-15-21-8-2-3-9-22(21)16-23/h2-4,6,8-10,14,19,23H,5,7,11-13,15-18H2,1H3,(H,26,28). The second-order valence-corrected chi connectivity index (χ2v) is 8.50. The fourth-order valence-electron chi connectivity index (χ4n) is 4.87. The topological polar surface area (TPSA) is 41.6 Å². The van der Waals surface area contributed by atoms with Crippen molar-refractivity contribution in [1.29, 1.82) is 0 Å². The van der Waals surface area contributed by atoms with E-state index in [-0.39, 0.29) is 5.91 Å². The molecule has 0 spiro atoms. The lowest BCUT2D eigenvalue weighted by Crippen LogP contribution is -2.43. The van der Waals surface area contributed by atoms with Gasteiger partial charge in [-0.05, 0) is 73.4 Å². The summed E-state index contributed by atoms with van der Waals surface area (Å²) in [4.78, 5) is 15.0. The number of fused-ring (bicyclic) bond motifs is 1. The van der Waals surface area contributed by atoms with E-state index in [1.54, 1.807) is 7.11 Å². The fourth-order valence-corrected chi connectivity index (χ4v) is 4.87. The van der Waals surface area contributed by atoms with E-state index in [4.69, 9.17) is 4.74 Å². The number of nitrogens with zero attached hydrogens (tertiary/aromatic N) is 1. The first-order chi connectivity index (χ1) is 14.2. The Morgan fingerprint density at radius 3 is 2.69 bits per heavy atom. The molecule has 1 unspecified atom stereocenters. The Morgan fingerprint density at radius 2 is 1.93 bits per heavy atom. The summed E-state index contributed by atoms with van der Waals surface area (Å²) in [6.07, 6.45) is 6.48. The van der Waals surface area contributed by atoms with E-state index in [0.717, 1.165) is 24.3 Å². The van der Waals surface area contributed by atoms with Crippen molar-refractivity contribution in [3.8, 4) is 5.75 Å². The molecule has 2 aliphatic rings. The summed E-state index contributed by atoms with van der Waals surface area (Å²) in [6.45, 7) is 2.91. The van der Waals surface area contributed by atoms with Crippen molar-refractivity contribution in [3.63, 3.8) is 0 Å². The summed E-state index contributed by atoms with van der Waals surface area (Å²) in [5.74, 6) is 1.61. The third kappa shape index (κ3) is 5.18. The van der Waals surface area contributed by atoms with Crippen LogP contribution >= 0.6 is 0 Å². The summed E-state index contributed by atoms with van der Waals surface area (Å²) in [6, 6.07) is 17.4. The van der Waals surface area contributed by atoms with E-state index < -0.39 is 0 Å². The molecule has 1 N–H and O–H groups in total. The number of benzene rings is 2. The number of amides is 1. The number of likely N-dealkylation sites (tertiary alicyclic amines) is 1. The Balaban J connectivity index is 1.21. The van der Waals surface area contributed by atoms with Crippen LogP contribution in [0.2, 0.25) is 0 Å². The van der Waals surface area contributed by atoms with Gasteiger partial charge in [0.2, 0.25) is 5.91 Å². The van der Waals surface area contributed by atoms with Gasteiger partial charge in [0.05, 0.1) is 7.11 Å². The van der Waals surface area contributed by atoms with Crippen molar-refractivity contribution in [3.05, 3.63) is 65.2 Å². The number of carbonyl (C=O) groups excluding carboxylic acids is 1. The minimum atomic E-state index is 0.151. The molecule has 0 radical (unpaired) electrons. The van der Waals surface area contributed by atoms with Crippen molar-refractivity contribution < 1.29 is 9.53 Å². The zero-order chi connectivity index (χ0) is 20.1. The molecule has 2 aromatic rings. The molecule has 1 amide bonds. The van der Waals surface area contributed by atoms with Crippen LogP contribution in [0, 0.1) is 5.92 Å². The smallest absolute Gasteiger partial charge is 0.220 e. The van der Waals surface area contributed by atoms with Gasteiger partial charge in [0.25, 0.3) is 0 Å². The number of methoxy groups -OCH3 is 1. The summed E-state index contributed by atoms with van der Waals surface area (Å²) in [5, 5.41) is 3.06. The first-order valence-corrected chi connectivity index (χ1v) is 10.9. The molecule has 1 saturated heterocycles. The maximum atomic E-state index is 12.3. The average molecular weight is 393 g/mol. The highest BCUT2D eigenvalue weighted by Crippen LogP contribution is 2.30. The summed E-state index contributed by atoms with van der Waals surface area (Å²) >= 11 is 0. The monoisotopic (exact) mass is 392 g/mol. The molecule has 4 rings (SSSR count). The van der Waals surface area contributed by atoms with Crippen molar-refractivity contribution in [1.82, 2.24) is 10.2 Å². The zero-order valence-corrected chi connectivity index (χ0v) is 17.4. The second kappa shape index (κ2) is 9.45. The molecular weight excluding hydrogens is 360 g/mol. The van der Waals surface area contributed by atoms with Crippen LogP contribution < -0.4 is 10.1 Å². The minimum Gasteiger partial charge on any atom is -0.497 e. The molecule has 29 heavy (non-hydrogen) atoms. The van der Waals surface area contributed by atoms with E-state index in [1.165, 1.54) is 43.4 Å². The first kappa shape index (κ1) is 20.0. The Kier molecular flexibility index (Phi) is 6.50.